The molecule has 1 heterocycles. The van der Waals surface area contributed by atoms with Crippen LogP contribution in [-0.4, -0.2) is 23.1 Å². The van der Waals surface area contributed by atoms with Crippen molar-refractivity contribution < 1.29 is 19.4 Å². The summed E-state index contributed by atoms with van der Waals surface area (Å²) >= 11 is 0. The fourth-order valence-electron chi connectivity index (χ4n) is 4.05. The first kappa shape index (κ1) is 16.6. The zero-order valence-electron chi connectivity index (χ0n) is 14.6. The SMILES string of the molecule is Cc1ccc(OC2CCC3(CC2)C(=O)Nc2ccc(C(=O)O)cc23)cc1. The van der Waals surface area contributed by atoms with Crippen LogP contribution in [0.3, 0.4) is 0 Å². The summed E-state index contributed by atoms with van der Waals surface area (Å²) in [7, 11) is 0. The number of benzene rings is 2. The number of carboxylic acid groups (broad SMARTS) is 1. The summed E-state index contributed by atoms with van der Waals surface area (Å²) in [4.78, 5) is 24.0. The lowest BCUT2D eigenvalue weighted by molar-refractivity contribution is -0.122. The topological polar surface area (TPSA) is 75.6 Å². The third-order valence-corrected chi connectivity index (χ3v) is 5.57. The first-order valence-electron chi connectivity index (χ1n) is 8.90. The number of aryl methyl sites for hydroxylation is 1. The van der Waals surface area contributed by atoms with Crippen LogP contribution in [0.5, 0.6) is 5.75 Å². The number of fused-ring (bicyclic) bond motifs is 2. The summed E-state index contributed by atoms with van der Waals surface area (Å²) in [6.45, 7) is 2.04. The van der Waals surface area contributed by atoms with E-state index < -0.39 is 11.4 Å². The lowest BCUT2D eigenvalue weighted by Gasteiger charge is -2.35. The quantitative estimate of drug-likeness (QED) is 0.879. The number of carbonyl (C=O) groups is 2. The Balaban J connectivity index is 1.53. The molecule has 0 atom stereocenters. The minimum Gasteiger partial charge on any atom is -0.490 e. The van der Waals surface area contributed by atoms with Gasteiger partial charge in [0.05, 0.1) is 17.1 Å². The van der Waals surface area contributed by atoms with E-state index in [9.17, 15) is 14.7 Å². The second-order valence-corrected chi connectivity index (χ2v) is 7.23. The number of rotatable bonds is 3. The molecule has 1 aliphatic heterocycles. The molecule has 0 aromatic heterocycles. The molecule has 5 nitrogen and oxygen atoms in total. The summed E-state index contributed by atoms with van der Waals surface area (Å²) in [6, 6.07) is 12.9. The number of hydrogen-bond donors (Lipinski definition) is 2. The Morgan fingerprint density at radius 3 is 2.50 bits per heavy atom. The van der Waals surface area contributed by atoms with E-state index in [0.717, 1.165) is 29.8 Å². The average Bonchev–Trinajstić information content (AvgIpc) is 2.90. The maximum atomic E-state index is 12.7. The largest absolute Gasteiger partial charge is 0.490 e. The molecule has 0 saturated heterocycles. The monoisotopic (exact) mass is 351 g/mol. The molecule has 2 N–H and O–H groups in total. The van der Waals surface area contributed by atoms with E-state index >= 15 is 0 Å². The molecule has 5 heteroatoms. The van der Waals surface area contributed by atoms with Crippen molar-refractivity contribution in [3.63, 3.8) is 0 Å². The molecule has 1 fully saturated rings. The highest BCUT2D eigenvalue weighted by atomic mass is 16.5. The van der Waals surface area contributed by atoms with Gasteiger partial charge in [0.1, 0.15) is 5.75 Å². The van der Waals surface area contributed by atoms with Crippen molar-refractivity contribution in [1.29, 1.82) is 0 Å². The summed E-state index contributed by atoms with van der Waals surface area (Å²) in [5.74, 6) is -0.150. The highest BCUT2D eigenvalue weighted by molar-refractivity contribution is 6.07. The molecule has 0 radical (unpaired) electrons. The van der Waals surface area contributed by atoms with E-state index in [0.29, 0.717) is 12.8 Å². The van der Waals surface area contributed by atoms with Crippen LogP contribution in [0.15, 0.2) is 42.5 Å². The summed E-state index contributed by atoms with van der Waals surface area (Å²) < 4.78 is 6.07. The van der Waals surface area contributed by atoms with E-state index in [1.165, 1.54) is 11.6 Å². The normalized spacial score (nSPS) is 24.2. The fourth-order valence-corrected chi connectivity index (χ4v) is 4.05. The maximum absolute atomic E-state index is 12.7. The van der Waals surface area contributed by atoms with E-state index in [1.807, 2.05) is 31.2 Å². The predicted octanol–water partition coefficient (Wildman–Crippen LogP) is 3.90. The van der Waals surface area contributed by atoms with E-state index in [4.69, 9.17) is 4.74 Å². The third-order valence-electron chi connectivity index (χ3n) is 5.57. The lowest BCUT2D eigenvalue weighted by atomic mass is 9.69. The molecule has 4 rings (SSSR count). The lowest BCUT2D eigenvalue weighted by Crippen LogP contribution is -2.40. The first-order valence-corrected chi connectivity index (χ1v) is 8.90. The van der Waals surface area contributed by atoms with Gasteiger partial charge in [0.15, 0.2) is 0 Å². The Bertz CT molecular complexity index is 864. The zero-order chi connectivity index (χ0) is 18.3. The van der Waals surface area contributed by atoms with Crippen LogP contribution in [0.2, 0.25) is 0 Å². The second-order valence-electron chi connectivity index (χ2n) is 7.23. The minimum absolute atomic E-state index is 0.0242. The standard InChI is InChI=1S/C21H21NO4/c1-13-2-5-15(6-3-13)26-16-8-10-21(11-9-16)17-12-14(19(23)24)4-7-18(17)22-20(21)25/h2-7,12,16H,8-11H2,1H3,(H,22,25)(H,23,24). The van der Waals surface area contributed by atoms with Gasteiger partial charge in [0.2, 0.25) is 5.91 Å². The highest BCUT2D eigenvalue weighted by Gasteiger charge is 2.49. The average molecular weight is 351 g/mol. The van der Waals surface area contributed by atoms with Gasteiger partial charge in [-0.1, -0.05) is 17.7 Å². The molecular weight excluding hydrogens is 330 g/mol. The van der Waals surface area contributed by atoms with E-state index in [-0.39, 0.29) is 17.6 Å². The van der Waals surface area contributed by atoms with Crippen LogP contribution in [0.25, 0.3) is 0 Å². The van der Waals surface area contributed by atoms with Crippen LogP contribution >= 0.6 is 0 Å². The molecule has 26 heavy (non-hydrogen) atoms. The Kier molecular flexibility index (Phi) is 3.94. The van der Waals surface area contributed by atoms with Gasteiger partial charge in [-0.3, -0.25) is 4.79 Å². The van der Waals surface area contributed by atoms with Gasteiger partial charge >= 0.3 is 5.97 Å². The third kappa shape index (κ3) is 2.73. The Labute approximate surface area is 152 Å². The second kappa shape index (κ2) is 6.16. The zero-order valence-corrected chi connectivity index (χ0v) is 14.6. The molecule has 2 aromatic rings. The minimum atomic E-state index is -0.973. The smallest absolute Gasteiger partial charge is 0.335 e. The van der Waals surface area contributed by atoms with Gasteiger partial charge in [-0.05, 0) is 68.5 Å². The van der Waals surface area contributed by atoms with Gasteiger partial charge in [-0.2, -0.15) is 0 Å². The number of amides is 1. The number of carbonyl (C=O) groups excluding carboxylic acids is 1. The molecule has 2 aliphatic rings. The summed E-state index contributed by atoms with van der Waals surface area (Å²) in [5, 5.41) is 12.2. The summed E-state index contributed by atoms with van der Waals surface area (Å²) in [6.07, 6.45) is 2.91. The van der Waals surface area contributed by atoms with Gasteiger partial charge in [0.25, 0.3) is 0 Å². The highest BCUT2D eigenvalue weighted by Crippen LogP contribution is 2.48. The van der Waals surface area contributed by atoms with Crippen molar-refractivity contribution in [3.05, 3.63) is 59.2 Å². The van der Waals surface area contributed by atoms with Gasteiger partial charge in [-0.25, -0.2) is 4.79 Å². The number of anilines is 1. The van der Waals surface area contributed by atoms with Gasteiger partial charge < -0.3 is 15.2 Å². The molecule has 1 aliphatic carbocycles. The number of hydrogen-bond acceptors (Lipinski definition) is 3. The van der Waals surface area contributed by atoms with Crippen molar-refractivity contribution >= 4 is 17.6 Å². The van der Waals surface area contributed by atoms with Crippen LogP contribution in [0.4, 0.5) is 5.69 Å². The number of aromatic carboxylic acids is 1. The molecule has 1 saturated carbocycles. The molecule has 1 spiro atoms. The molecule has 2 aromatic carbocycles. The Morgan fingerprint density at radius 2 is 1.85 bits per heavy atom. The Morgan fingerprint density at radius 1 is 1.15 bits per heavy atom. The van der Waals surface area contributed by atoms with Crippen molar-refractivity contribution in [2.75, 3.05) is 5.32 Å². The molecule has 0 unspecified atom stereocenters. The van der Waals surface area contributed by atoms with Gasteiger partial charge in [-0.15, -0.1) is 0 Å². The van der Waals surface area contributed by atoms with Crippen LogP contribution in [0, 0.1) is 6.92 Å². The van der Waals surface area contributed by atoms with Crippen LogP contribution < -0.4 is 10.1 Å². The maximum Gasteiger partial charge on any atom is 0.335 e. The van der Waals surface area contributed by atoms with E-state index in [1.54, 1.807) is 12.1 Å². The number of carboxylic acids is 1. The number of nitrogens with one attached hydrogen (secondary N) is 1. The van der Waals surface area contributed by atoms with Gasteiger partial charge in [0, 0.05) is 5.69 Å². The van der Waals surface area contributed by atoms with Crippen molar-refractivity contribution in [2.24, 2.45) is 0 Å². The van der Waals surface area contributed by atoms with Crippen LogP contribution in [-0.2, 0) is 10.2 Å². The number of ether oxygens (including phenoxy) is 1. The molecule has 1 amide bonds. The van der Waals surface area contributed by atoms with Crippen molar-refractivity contribution in [1.82, 2.24) is 0 Å². The molecular formula is C21H21NO4. The predicted molar refractivity (Wildman–Crippen MR) is 97.8 cm³/mol. The fraction of sp³-hybridized carbons (Fsp3) is 0.333. The van der Waals surface area contributed by atoms with Crippen LogP contribution in [0.1, 0.15) is 47.2 Å². The van der Waals surface area contributed by atoms with E-state index in [2.05, 4.69) is 5.32 Å². The molecule has 134 valence electrons. The van der Waals surface area contributed by atoms with Crippen molar-refractivity contribution in [2.45, 2.75) is 44.1 Å². The Hall–Kier alpha value is -2.82. The van der Waals surface area contributed by atoms with Crippen molar-refractivity contribution in [3.8, 4) is 5.75 Å². The summed E-state index contributed by atoms with van der Waals surface area (Å²) in [5.41, 5.74) is 2.33. The first-order chi connectivity index (χ1) is 12.5. The molecule has 0 bridgehead atoms.